The van der Waals surface area contributed by atoms with Gasteiger partial charge in [-0.25, -0.2) is 4.57 Å². The molecule has 10 aromatic rings. The summed E-state index contributed by atoms with van der Waals surface area (Å²) in [6, 6.07) is 57.6. The molecule has 0 saturated heterocycles. The smallest absolute Gasteiger partial charge is 0.394 e. The Balaban J connectivity index is 0.902. The maximum atomic E-state index is 14.0. The number of nitrogens with one attached hydrogen (secondary N) is 1. The predicted octanol–water partition coefficient (Wildman–Crippen LogP) is 13.8. The van der Waals surface area contributed by atoms with E-state index in [4.69, 9.17) is 9.05 Å². The number of carbonyl (C=O) groups is 1. The number of carbonyl (C=O) groups excluding carboxylic acids is 1. The standard InChI is InChI=1S/C54H40NO5P/c56-48(55-33-41-26-25-39-24-23-37-18-11-19-38-27-29-44(41)50(39)49(37)38)21-10-7-12-34-22-28-45-42(30-34)32-47(36-15-5-2-6-16-36)54-52(45)51-43-20-9-8-17-40(43)31-46(35-13-3-1-4-14-35)53(51)59-61(57,58)60-54/h1-6,8-9,11,13-20,22-32H,7,10,12,21,33H2,(H,55,56)(H,57,58). The summed E-state index contributed by atoms with van der Waals surface area (Å²) in [5, 5.41) is 14.3. The van der Waals surface area contributed by atoms with Gasteiger partial charge >= 0.3 is 7.82 Å². The molecule has 2 N–H and O–H groups in total. The molecule has 0 saturated carbocycles. The Labute approximate surface area is 353 Å². The number of aryl methyl sites for hydroxylation is 1. The summed E-state index contributed by atoms with van der Waals surface area (Å²) in [4.78, 5) is 24.6. The zero-order chi connectivity index (χ0) is 41.1. The lowest BCUT2D eigenvalue weighted by Crippen LogP contribution is -2.22. The van der Waals surface area contributed by atoms with E-state index in [1.165, 1.54) is 32.3 Å². The maximum absolute atomic E-state index is 14.0. The molecule has 6 nitrogen and oxygen atoms in total. The molecular weight excluding hydrogens is 774 g/mol. The van der Waals surface area contributed by atoms with Crippen LogP contribution in [0.3, 0.4) is 0 Å². The minimum atomic E-state index is -4.66. The van der Waals surface area contributed by atoms with Gasteiger partial charge in [-0.15, -0.1) is 0 Å². The molecule has 1 aliphatic heterocycles. The lowest BCUT2D eigenvalue weighted by atomic mass is 9.86. The Morgan fingerprint density at radius 1 is 0.525 bits per heavy atom. The molecule has 61 heavy (non-hydrogen) atoms. The number of unbranched alkanes of at least 4 members (excludes halogenated alkanes) is 1. The second kappa shape index (κ2) is 14.9. The molecule has 10 aromatic carbocycles. The first kappa shape index (κ1) is 37.1. The Morgan fingerprint density at radius 3 is 1.79 bits per heavy atom. The van der Waals surface area contributed by atoms with Crippen molar-refractivity contribution >= 4 is 67.6 Å². The van der Waals surface area contributed by atoms with Gasteiger partial charge < -0.3 is 14.4 Å². The highest BCUT2D eigenvalue weighted by Gasteiger charge is 2.37. The van der Waals surface area contributed by atoms with E-state index >= 15 is 0 Å². The summed E-state index contributed by atoms with van der Waals surface area (Å²) in [6.07, 6.45) is 2.82. The Hall–Kier alpha value is -6.98. The molecule has 0 aromatic heterocycles. The van der Waals surface area contributed by atoms with Crippen molar-refractivity contribution in [3.63, 3.8) is 0 Å². The van der Waals surface area contributed by atoms with Gasteiger partial charge in [-0.2, -0.15) is 0 Å². The van der Waals surface area contributed by atoms with Crippen LogP contribution in [0.4, 0.5) is 0 Å². The van der Waals surface area contributed by atoms with Crippen LogP contribution in [-0.4, -0.2) is 10.8 Å². The number of benzene rings is 10. The molecule has 7 heteroatoms. The number of rotatable bonds is 9. The summed E-state index contributed by atoms with van der Waals surface area (Å²) in [6.45, 7) is 0.484. The van der Waals surface area contributed by atoms with Gasteiger partial charge in [0.15, 0.2) is 0 Å². The maximum Gasteiger partial charge on any atom is 0.584 e. The van der Waals surface area contributed by atoms with E-state index in [9.17, 15) is 14.3 Å². The van der Waals surface area contributed by atoms with Gasteiger partial charge in [-0.1, -0.05) is 158 Å². The summed E-state index contributed by atoms with van der Waals surface area (Å²) < 4.78 is 26.2. The highest BCUT2D eigenvalue weighted by molar-refractivity contribution is 7.48. The van der Waals surface area contributed by atoms with Gasteiger partial charge in [0.2, 0.25) is 5.91 Å². The second-order valence-electron chi connectivity index (χ2n) is 16.0. The molecule has 0 spiro atoms. The van der Waals surface area contributed by atoms with Crippen LogP contribution in [-0.2, 0) is 22.3 Å². The second-order valence-corrected chi connectivity index (χ2v) is 17.3. The fourth-order valence-electron chi connectivity index (χ4n) is 9.37. The van der Waals surface area contributed by atoms with Crippen LogP contribution in [0.1, 0.15) is 30.4 Å². The minimum Gasteiger partial charge on any atom is -0.394 e. The Kier molecular flexibility index (Phi) is 9.07. The molecule has 1 heterocycles. The normalized spacial score (nSPS) is 14.8. The number of amides is 1. The molecular formula is C54H40NO5P. The summed E-state index contributed by atoms with van der Waals surface area (Å²) in [5.74, 6) is 0.658. The first-order valence-corrected chi connectivity index (χ1v) is 22.3. The average Bonchev–Trinajstić information content (AvgIpc) is 3.42. The molecule has 1 amide bonds. The lowest BCUT2D eigenvalue weighted by molar-refractivity contribution is -0.121. The Bertz CT molecular complexity index is 3370. The van der Waals surface area contributed by atoms with Gasteiger partial charge in [0.05, 0.1) is 0 Å². The van der Waals surface area contributed by atoms with Gasteiger partial charge in [0, 0.05) is 35.2 Å². The van der Waals surface area contributed by atoms with Crippen LogP contribution in [0.2, 0.25) is 0 Å². The van der Waals surface area contributed by atoms with Crippen LogP contribution >= 0.6 is 7.82 Å². The molecule has 0 bridgehead atoms. The van der Waals surface area contributed by atoms with Crippen LogP contribution in [0.15, 0.2) is 170 Å². The van der Waals surface area contributed by atoms with Crippen LogP contribution in [0.5, 0.6) is 11.5 Å². The van der Waals surface area contributed by atoms with Gasteiger partial charge in [-0.05, 0) is 108 Å². The van der Waals surface area contributed by atoms with Gasteiger partial charge in [-0.3, -0.25) is 9.69 Å². The molecule has 1 unspecified atom stereocenters. The van der Waals surface area contributed by atoms with Crippen molar-refractivity contribution in [2.45, 2.75) is 32.2 Å². The fourth-order valence-corrected chi connectivity index (χ4v) is 10.2. The number of fused-ring (bicyclic) bond motifs is 7. The summed E-state index contributed by atoms with van der Waals surface area (Å²) >= 11 is 0. The molecule has 1 atom stereocenters. The van der Waals surface area contributed by atoms with Gasteiger partial charge in [0.1, 0.15) is 11.5 Å². The van der Waals surface area contributed by atoms with Crippen molar-refractivity contribution in [3.05, 3.63) is 181 Å². The van der Waals surface area contributed by atoms with E-state index in [2.05, 4.69) is 84.2 Å². The third-order valence-corrected chi connectivity index (χ3v) is 13.0. The van der Waals surface area contributed by atoms with Crippen LogP contribution < -0.4 is 14.4 Å². The zero-order valence-electron chi connectivity index (χ0n) is 33.2. The summed E-state index contributed by atoms with van der Waals surface area (Å²) in [5.41, 5.74) is 6.79. The summed E-state index contributed by atoms with van der Waals surface area (Å²) in [7, 11) is -4.66. The van der Waals surface area contributed by atoms with E-state index < -0.39 is 7.82 Å². The van der Waals surface area contributed by atoms with E-state index in [0.717, 1.165) is 63.1 Å². The highest BCUT2D eigenvalue weighted by atomic mass is 31.2. The predicted molar refractivity (Wildman–Crippen MR) is 248 cm³/mol. The number of phosphoric ester groups is 1. The van der Waals surface area contributed by atoms with E-state index in [1.54, 1.807) is 0 Å². The van der Waals surface area contributed by atoms with Crippen molar-refractivity contribution in [1.82, 2.24) is 5.32 Å². The Morgan fingerprint density at radius 2 is 1.08 bits per heavy atom. The van der Waals surface area contributed by atoms with Crippen LogP contribution in [0.25, 0.3) is 87.2 Å². The lowest BCUT2D eigenvalue weighted by Gasteiger charge is -2.19. The van der Waals surface area contributed by atoms with E-state index in [1.807, 2.05) is 91.0 Å². The SMILES string of the molecule is O=C(CCCCc1ccc2c3c(c(-c4ccccc4)cc2c1)OP(=O)(O)Oc1c(-c2ccccc2)cc2ccccc2c1-3)NCc1ccc2ccc3cccc4ccc1c2c34. The zero-order valence-corrected chi connectivity index (χ0v) is 34.1. The third-order valence-electron chi connectivity index (χ3n) is 12.2. The quantitative estimate of drug-likeness (QED) is 0.0861. The average molecular weight is 814 g/mol. The molecule has 11 rings (SSSR count). The fraction of sp³-hybridized carbons (Fsp3) is 0.0926. The van der Waals surface area contributed by atoms with Crippen molar-refractivity contribution in [2.24, 2.45) is 0 Å². The van der Waals surface area contributed by atoms with Crippen molar-refractivity contribution in [3.8, 4) is 44.9 Å². The number of phosphoric acid groups is 1. The highest BCUT2D eigenvalue weighted by Crippen LogP contribution is 2.61. The van der Waals surface area contributed by atoms with E-state index in [0.29, 0.717) is 46.7 Å². The number of hydrogen-bond acceptors (Lipinski definition) is 4. The number of hydrogen-bond donors (Lipinski definition) is 2. The third kappa shape index (κ3) is 6.65. The largest absolute Gasteiger partial charge is 0.584 e. The van der Waals surface area contributed by atoms with Crippen molar-refractivity contribution < 1.29 is 23.3 Å². The van der Waals surface area contributed by atoms with Crippen molar-refractivity contribution in [1.29, 1.82) is 0 Å². The molecule has 0 fully saturated rings. The molecule has 1 aliphatic rings. The first-order chi connectivity index (χ1) is 29.9. The molecule has 296 valence electrons. The van der Waals surface area contributed by atoms with Crippen molar-refractivity contribution in [2.75, 3.05) is 0 Å². The molecule has 0 aliphatic carbocycles. The molecule has 0 radical (unpaired) electrons. The topological polar surface area (TPSA) is 84.9 Å². The van der Waals surface area contributed by atoms with E-state index in [-0.39, 0.29) is 5.91 Å². The minimum absolute atomic E-state index is 0.0450. The van der Waals surface area contributed by atoms with Crippen LogP contribution in [0, 0.1) is 0 Å². The first-order valence-electron chi connectivity index (χ1n) is 20.8. The monoisotopic (exact) mass is 813 g/mol. The van der Waals surface area contributed by atoms with Gasteiger partial charge in [0.25, 0.3) is 0 Å².